The van der Waals surface area contributed by atoms with E-state index < -0.39 is 0 Å². The third kappa shape index (κ3) is 5.17. The minimum absolute atomic E-state index is 0. The highest BCUT2D eigenvalue weighted by Crippen LogP contribution is 2.49. The zero-order chi connectivity index (χ0) is 16.8. The van der Waals surface area contributed by atoms with Crippen molar-refractivity contribution in [1.82, 2.24) is 20.2 Å². The Kier molecular flexibility index (Phi) is 7.22. The maximum Gasteiger partial charge on any atom is 0.191 e. The fourth-order valence-electron chi connectivity index (χ4n) is 2.85. The Morgan fingerprint density at radius 3 is 2.76 bits per heavy atom. The van der Waals surface area contributed by atoms with Crippen LogP contribution in [0.2, 0.25) is 0 Å². The predicted molar refractivity (Wildman–Crippen MR) is 109 cm³/mol. The maximum absolute atomic E-state index is 14.1. The van der Waals surface area contributed by atoms with Crippen LogP contribution >= 0.6 is 24.0 Å². The molecule has 0 bridgehead atoms. The van der Waals surface area contributed by atoms with Gasteiger partial charge in [0.05, 0.1) is 12.9 Å². The van der Waals surface area contributed by atoms with Crippen LogP contribution in [0.25, 0.3) is 0 Å². The van der Waals surface area contributed by atoms with Crippen LogP contribution < -0.4 is 10.6 Å². The van der Waals surface area contributed by atoms with E-state index in [4.69, 9.17) is 0 Å². The summed E-state index contributed by atoms with van der Waals surface area (Å²) in [6.45, 7) is 5.02. The van der Waals surface area contributed by atoms with E-state index in [-0.39, 0.29) is 35.2 Å². The highest BCUT2D eigenvalue weighted by molar-refractivity contribution is 14.0. The number of rotatable bonds is 7. The van der Waals surface area contributed by atoms with Crippen molar-refractivity contribution < 1.29 is 4.39 Å². The van der Waals surface area contributed by atoms with Gasteiger partial charge in [0.15, 0.2) is 5.96 Å². The lowest BCUT2D eigenvalue weighted by atomic mass is 9.95. The summed E-state index contributed by atoms with van der Waals surface area (Å²) >= 11 is 0. The molecule has 2 aromatic rings. The van der Waals surface area contributed by atoms with Gasteiger partial charge in [-0.1, -0.05) is 18.2 Å². The van der Waals surface area contributed by atoms with Crippen molar-refractivity contribution in [3.63, 3.8) is 0 Å². The van der Waals surface area contributed by atoms with E-state index in [9.17, 15) is 4.39 Å². The van der Waals surface area contributed by atoms with Gasteiger partial charge >= 0.3 is 0 Å². The SMILES string of the molecule is CCNC(=NCC1(c2ccccc2F)CC1)NCCn1ccnc1.I. The van der Waals surface area contributed by atoms with E-state index >= 15 is 0 Å². The van der Waals surface area contributed by atoms with Gasteiger partial charge < -0.3 is 15.2 Å². The molecule has 0 radical (unpaired) electrons. The Bertz CT molecular complexity index is 683. The van der Waals surface area contributed by atoms with E-state index in [1.807, 2.05) is 29.8 Å². The summed E-state index contributed by atoms with van der Waals surface area (Å²) in [4.78, 5) is 8.72. The third-order valence-electron chi connectivity index (χ3n) is 4.40. The lowest BCUT2D eigenvalue weighted by Gasteiger charge is -2.16. The Labute approximate surface area is 165 Å². The van der Waals surface area contributed by atoms with Gasteiger partial charge in [-0.2, -0.15) is 0 Å². The minimum Gasteiger partial charge on any atom is -0.357 e. The second-order valence-corrected chi connectivity index (χ2v) is 6.18. The lowest BCUT2D eigenvalue weighted by molar-refractivity contribution is 0.571. The molecule has 1 aromatic heterocycles. The Balaban J connectivity index is 0.00000225. The van der Waals surface area contributed by atoms with Gasteiger partial charge in [-0.05, 0) is 31.4 Å². The predicted octanol–water partition coefficient (Wildman–Crippen LogP) is 2.93. The fraction of sp³-hybridized carbons (Fsp3) is 0.444. The van der Waals surface area contributed by atoms with Gasteiger partial charge in [0.25, 0.3) is 0 Å². The summed E-state index contributed by atoms with van der Waals surface area (Å²) < 4.78 is 16.1. The summed E-state index contributed by atoms with van der Waals surface area (Å²) in [6, 6.07) is 7.06. The van der Waals surface area contributed by atoms with Crippen LogP contribution in [0.3, 0.4) is 0 Å². The smallest absolute Gasteiger partial charge is 0.191 e. The average molecular weight is 457 g/mol. The standard InChI is InChI=1S/C18H24FN5.HI/c1-2-21-17(22-10-12-24-11-9-20-14-24)23-13-18(7-8-18)15-5-3-4-6-16(15)19;/h3-6,9,11,14H,2,7-8,10,12-13H2,1H3,(H2,21,22,23);1H. The van der Waals surface area contributed by atoms with Crippen LogP contribution in [0.15, 0.2) is 48.0 Å². The molecule has 3 rings (SSSR count). The van der Waals surface area contributed by atoms with Crippen LogP contribution in [-0.4, -0.2) is 35.1 Å². The van der Waals surface area contributed by atoms with Crippen molar-refractivity contribution in [2.75, 3.05) is 19.6 Å². The van der Waals surface area contributed by atoms with Gasteiger partial charge in [0.2, 0.25) is 0 Å². The van der Waals surface area contributed by atoms with Crippen LogP contribution in [0.5, 0.6) is 0 Å². The quantitative estimate of drug-likeness (QED) is 0.382. The molecule has 25 heavy (non-hydrogen) atoms. The largest absolute Gasteiger partial charge is 0.357 e. The average Bonchev–Trinajstić information content (AvgIpc) is 3.19. The molecule has 1 aliphatic carbocycles. The molecule has 1 aromatic carbocycles. The molecular weight excluding hydrogens is 432 g/mol. The first-order valence-electron chi connectivity index (χ1n) is 8.46. The molecule has 0 unspecified atom stereocenters. The van der Waals surface area contributed by atoms with Crippen molar-refractivity contribution in [3.05, 3.63) is 54.4 Å². The Hall–Kier alpha value is -1.64. The van der Waals surface area contributed by atoms with Crippen molar-refractivity contribution >= 4 is 29.9 Å². The summed E-state index contributed by atoms with van der Waals surface area (Å²) in [6.07, 6.45) is 7.48. The van der Waals surface area contributed by atoms with E-state index in [2.05, 4.69) is 20.6 Å². The molecule has 0 amide bonds. The second-order valence-electron chi connectivity index (χ2n) is 6.18. The van der Waals surface area contributed by atoms with E-state index in [1.54, 1.807) is 18.6 Å². The normalized spacial score (nSPS) is 15.4. The lowest BCUT2D eigenvalue weighted by Crippen LogP contribution is -2.39. The number of imidazole rings is 1. The number of nitrogens with one attached hydrogen (secondary N) is 2. The molecule has 0 atom stereocenters. The van der Waals surface area contributed by atoms with Crippen LogP contribution in [0.4, 0.5) is 4.39 Å². The zero-order valence-electron chi connectivity index (χ0n) is 14.4. The van der Waals surface area contributed by atoms with Gasteiger partial charge in [0.1, 0.15) is 5.82 Å². The molecule has 1 heterocycles. The molecule has 0 spiro atoms. The number of hydrogen-bond donors (Lipinski definition) is 2. The van der Waals surface area contributed by atoms with Crippen molar-refractivity contribution in [2.45, 2.75) is 31.7 Å². The molecule has 0 aliphatic heterocycles. The molecule has 2 N–H and O–H groups in total. The number of hydrogen-bond acceptors (Lipinski definition) is 2. The molecule has 7 heteroatoms. The van der Waals surface area contributed by atoms with Crippen molar-refractivity contribution in [3.8, 4) is 0 Å². The first-order chi connectivity index (χ1) is 11.7. The van der Waals surface area contributed by atoms with E-state index in [0.29, 0.717) is 6.54 Å². The summed E-state index contributed by atoms with van der Waals surface area (Å²) in [5.41, 5.74) is 0.668. The van der Waals surface area contributed by atoms with E-state index in [1.165, 1.54) is 6.07 Å². The topological polar surface area (TPSA) is 54.2 Å². The summed E-state index contributed by atoms with van der Waals surface area (Å²) in [5, 5.41) is 6.57. The molecule has 1 saturated carbocycles. The fourth-order valence-corrected chi connectivity index (χ4v) is 2.85. The summed E-state index contributed by atoms with van der Waals surface area (Å²) in [5.74, 6) is 0.656. The van der Waals surface area contributed by atoms with Crippen molar-refractivity contribution in [2.24, 2.45) is 4.99 Å². The molecule has 1 fully saturated rings. The Morgan fingerprint density at radius 1 is 1.32 bits per heavy atom. The first-order valence-corrected chi connectivity index (χ1v) is 8.46. The van der Waals surface area contributed by atoms with Gasteiger partial charge in [-0.25, -0.2) is 9.37 Å². The number of nitrogens with zero attached hydrogens (tertiary/aromatic N) is 3. The van der Waals surface area contributed by atoms with Gasteiger partial charge in [-0.15, -0.1) is 24.0 Å². The minimum atomic E-state index is -0.127. The molecule has 5 nitrogen and oxygen atoms in total. The molecule has 136 valence electrons. The Morgan fingerprint density at radius 2 is 2.12 bits per heavy atom. The number of aliphatic imine (C=N–C) groups is 1. The maximum atomic E-state index is 14.1. The van der Waals surface area contributed by atoms with Crippen LogP contribution in [0, 0.1) is 5.82 Å². The molecule has 1 aliphatic rings. The van der Waals surface area contributed by atoms with Crippen molar-refractivity contribution in [1.29, 1.82) is 0 Å². The zero-order valence-corrected chi connectivity index (χ0v) is 16.7. The second kappa shape index (κ2) is 9.17. The molecule has 0 saturated heterocycles. The first kappa shape index (κ1) is 19.7. The highest BCUT2D eigenvalue weighted by atomic mass is 127. The number of benzene rings is 1. The third-order valence-corrected chi connectivity index (χ3v) is 4.40. The number of guanidine groups is 1. The molecular formula is C18H25FIN5. The van der Waals surface area contributed by atoms with Crippen LogP contribution in [0.1, 0.15) is 25.3 Å². The summed E-state index contributed by atoms with van der Waals surface area (Å²) in [7, 11) is 0. The van der Waals surface area contributed by atoms with Gasteiger partial charge in [0, 0.05) is 37.4 Å². The monoisotopic (exact) mass is 457 g/mol. The number of halogens is 2. The highest BCUT2D eigenvalue weighted by Gasteiger charge is 2.45. The number of aromatic nitrogens is 2. The van der Waals surface area contributed by atoms with E-state index in [0.717, 1.165) is 44.0 Å². The van der Waals surface area contributed by atoms with Gasteiger partial charge in [-0.3, -0.25) is 4.99 Å². The van der Waals surface area contributed by atoms with Crippen LogP contribution in [-0.2, 0) is 12.0 Å².